The first-order valence-corrected chi connectivity index (χ1v) is 7.50. The van der Waals surface area contributed by atoms with Crippen LogP contribution in [-0.2, 0) is 0 Å². The summed E-state index contributed by atoms with van der Waals surface area (Å²) in [7, 11) is 0. The summed E-state index contributed by atoms with van der Waals surface area (Å²) in [5.74, 6) is 1.65. The number of piperidine rings is 1. The number of aromatic nitrogens is 2. The summed E-state index contributed by atoms with van der Waals surface area (Å²) < 4.78 is 5.91. The molecule has 1 saturated heterocycles. The van der Waals surface area contributed by atoms with E-state index in [4.69, 9.17) is 4.74 Å². The summed E-state index contributed by atoms with van der Waals surface area (Å²) >= 11 is 0. The van der Waals surface area contributed by atoms with Crippen LogP contribution in [0.1, 0.15) is 23.6 Å². The van der Waals surface area contributed by atoms with E-state index in [1.807, 2.05) is 6.92 Å². The van der Waals surface area contributed by atoms with Crippen molar-refractivity contribution < 1.29 is 4.74 Å². The van der Waals surface area contributed by atoms with Gasteiger partial charge in [0.25, 0.3) is 0 Å². The molecule has 0 spiro atoms. The Labute approximate surface area is 125 Å². The van der Waals surface area contributed by atoms with E-state index in [0.717, 1.165) is 25.2 Å². The molecule has 110 valence electrons. The zero-order valence-corrected chi connectivity index (χ0v) is 12.3. The van der Waals surface area contributed by atoms with Crippen molar-refractivity contribution in [2.75, 3.05) is 19.7 Å². The number of rotatable bonds is 4. The van der Waals surface area contributed by atoms with Gasteiger partial charge >= 0.3 is 0 Å². The average Bonchev–Trinajstić information content (AvgIpc) is 2.55. The van der Waals surface area contributed by atoms with Crippen molar-refractivity contribution in [1.82, 2.24) is 15.3 Å². The van der Waals surface area contributed by atoms with Crippen molar-refractivity contribution >= 4 is 0 Å². The van der Waals surface area contributed by atoms with E-state index in [1.165, 1.54) is 5.56 Å². The summed E-state index contributed by atoms with van der Waals surface area (Å²) in [6, 6.07) is 10.7. The second-order valence-corrected chi connectivity index (χ2v) is 5.53. The predicted octanol–water partition coefficient (Wildman–Crippen LogP) is 2.56. The van der Waals surface area contributed by atoms with Crippen LogP contribution in [0.15, 0.2) is 42.7 Å². The second kappa shape index (κ2) is 6.68. The third-order valence-corrected chi connectivity index (χ3v) is 4.11. The molecule has 2 unspecified atom stereocenters. The molecule has 0 aliphatic carbocycles. The first kappa shape index (κ1) is 14.0. The van der Waals surface area contributed by atoms with Crippen LogP contribution in [0.2, 0.25) is 0 Å². The van der Waals surface area contributed by atoms with Crippen LogP contribution in [0.25, 0.3) is 0 Å². The molecule has 4 heteroatoms. The van der Waals surface area contributed by atoms with Gasteiger partial charge in [-0.05, 0) is 31.4 Å². The fourth-order valence-electron chi connectivity index (χ4n) is 2.96. The molecule has 2 aromatic rings. The highest BCUT2D eigenvalue weighted by atomic mass is 16.5. The van der Waals surface area contributed by atoms with Crippen molar-refractivity contribution in [3.8, 4) is 5.88 Å². The minimum Gasteiger partial charge on any atom is -0.476 e. The Kier molecular flexibility index (Phi) is 4.46. The maximum Gasteiger partial charge on any atom is 0.235 e. The second-order valence-electron chi connectivity index (χ2n) is 5.53. The third-order valence-electron chi connectivity index (χ3n) is 4.11. The SMILES string of the molecule is Cc1nccnc1OCC1CNCCC1c1ccccc1. The van der Waals surface area contributed by atoms with Crippen LogP contribution in [0.3, 0.4) is 0 Å². The Bertz CT molecular complexity index is 573. The molecule has 3 rings (SSSR count). The molecule has 1 aliphatic rings. The van der Waals surface area contributed by atoms with Gasteiger partial charge in [0.1, 0.15) is 0 Å². The van der Waals surface area contributed by atoms with Crippen molar-refractivity contribution in [3.05, 3.63) is 54.0 Å². The fraction of sp³-hybridized carbons (Fsp3) is 0.412. The lowest BCUT2D eigenvalue weighted by Gasteiger charge is -2.32. The number of ether oxygens (including phenoxy) is 1. The molecule has 1 aliphatic heterocycles. The largest absolute Gasteiger partial charge is 0.476 e. The molecule has 0 radical (unpaired) electrons. The average molecular weight is 283 g/mol. The third kappa shape index (κ3) is 3.39. The van der Waals surface area contributed by atoms with Gasteiger partial charge in [-0.2, -0.15) is 0 Å². The van der Waals surface area contributed by atoms with Gasteiger partial charge in [0.05, 0.1) is 12.3 Å². The van der Waals surface area contributed by atoms with Gasteiger partial charge in [0.15, 0.2) is 0 Å². The van der Waals surface area contributed by atoms with Crippen molar-refractivity contribution in [1.29, 1.82) is 0 Å². The van der Waals surface area contributed by atoms with Gasteiger partial charge in [-0.1, -0.05) is 30.3 Å². The standard InChI is InChI=1S/C17H21N3O/c1-13-17(20-10-9-19-13)21-12-15-11-18-8-7-16(15)14-5-3-2-4-6-14/h2-6,9-10,15-16,18H,7-8,11-12H2,1H3. The number of hydrogen-bond donors (Lipinski definition) is 1. The highest BCUT2D eigenvalue weighted by molar-refractivity contribution is 5.21. The molecule has 1 fully saturated rings. The molecular formula is C17H21N3O. The number of nitrogens with zero attached hydrogens (tertiary/aromatic N) is 2. The monoisotopic (exact) mass is 283 g/mol. The van der Waals surface area contributed by atoms with Crippen LogP contribution in [0.5, 0.6) is 5.88 Å². The van der Waals surface area contributed by atoms with Crippen molar-refractivity contribution in [2.45, 2.75) is 19.3 Å². The fourth-order valence-corrected chi connectivity index (χ4v) is 2.96. The number of aryl methyl sites for hydroxylation is 1. The Morgan fingerprint density at radius 3 is 2.81 bits per heavy atom. The van der Waals surface area contributed by atoms with Gasteiger partial charge in [0, 0.05) is 24.9 Å². The van der Waals surface area contributed by atoms with Crippen LogP contribution < -0.4 is 10.1 Å². The zero-order valence-electron chi connectivity index (χ0n) is 12.3. The van der Waals surface area contributed by atoms with E-state index in [9.17, 15) is 0 Å². The summed E-state index contributed by atoms with van der Waals surface area (Å²) in [6.07, 6.45) is 4.52. The molecule has 2 heterocycles. The lowest BCUT2D eigenvalue weighted by Crippen LogP contribution is -2.38. The summed E-state index contributed by atoms with van der Waals surface area (Å²) in [5.41, 5.74) is 2.25. The maximum atomic E-state index is 5.91. The topological polar surface area (TPSA) is 47.0 Å². The van der Waals surface area contributed by atoms with E-state index in [2.05, 4.69) is 45.6 Å². The minimum absolute atomic E-state index is 0.461. The highest BCUT2D eigenvalue weighted by Crippen LogP contribution is 2.30. The zero-order chi connectivity index (χ0) is 14.5. The molecule has 0 saturated carbocycles. The Morgan fingerprint density at radius 2 is 2.00 bits per heavy atom. The first-order valence-electron chi connectivity index (χ1n) is 7.50. The van der Waals surface area contributed by atoms with E-state index < -0.39 is 0 Å². The normalized spacial score (nSPS) is 22.0. The number of nitrogens with one attached hydrogen (secondary N) is 1. The van der Waals surface area contributed by atoms with Crippen molar-refractivity contribution in [2.24, 2.45) is 5.92 Å². The molecule has 2 atom stereocenters. The Balaban J connectivity index is 1.69. The molecule has 4 nitrogen and oxygen atoms in total. The van der Waals surface area contributed by atoms with Crippen LogP contribution in [0.4, 0.5) is 0 Å². The molecule has 1 aromatic heterocycles. The molecule has 1 aromatic carbocycles. The van der Waals surface area contributed by atoms with E-state index in [1.54, 1.807) is 12.4 Å². The van der Waals surface area contributed by atoms with Gasteiger partial charge in [-0.3, -0.25) is 4.98 Å². The van der Waals surface area contributed by atoms with E-state index in [0.29, 0.717) is 24.3 Å². The Hall–Kier alpha value is -1.94. The van der Waals surface area contributed by atoms with E-state index >= 15 is 0 Å². The molecule has 21 heavy (non-hydrogen) atoms. The maximum absolute atomic E-state index is 5.91. The predicted molar refractivity (Wildman–Crippen MR) is 82.4 cm³/mol. The molecule has 0 amide bonds. The summed E-state index contributed by atoms with van der Waals surface area (Å²) in [5, 5.41) is 3.47. The van der Waals surface area contributed by atoms with Gasteiger partial charge in [0.2, 0.25) is 5.88 Å². The van der Waals surface area contributed by atoms with Crippen LogP contribution in [0, 0.1) is 12.8 Å². The lowest BCUT2D eigenvalue weighted by molar-refractivity contribution is 0.190. The number of benzene rings is 1. The quantitative estimate of drug-likeness (QED) is 0.937. The number of hydrogen-bond acceptors (Lipinski definition) is 4. The van der Waals surface area contributed by atoms with Gasteiger partial charge in [-0.15, -0.1) is 0 Å². The Morgan fingerprint density at radius 1 is 1.19 bits per heavy atom. The smallest absolute Gasteiger partial charge is 0.235 e. The van der Waals surface area contributed by atoms with Gasteiger partial charge in [-0.25, -0.2) is 4.98 Å². The van der Waals surface area contributed by atoms with Gasteiger partial charge < -0.3 is 10.1 Å². The van der Waals surface area contributed by atoms with Crippen molar-refractivity contribution in [3.63, 3.8) is 0 Å². The lowest BCUT2D eigenvalue weighted by atomic mass is 9.81. The minimum atomic E-state index is 0.461. The molecular weight excluding hydrogens is 262 g/mol. The highest BCUT2D eigenvalue weighted by Gasteiger charge is 2.27. The summed E-state index contributed by atoms with van der Waals surface area (Å²) in [6.45, 7) is 4.65. The molecule has 1 N–H and O–H groups in total. The summed E-state index contributed by atoms with van der Waals surface area (Å²) in [4.78, 5) is 8.47. The van der Waals surface area contributed by atoms with Crippen LogP contribution >= 0.6 is 0 Å². The van der Waals surface area contributed by atoms with Crippen LogP contribution in [-0.4, -0.2) is 29.7 Å². The first-order chi connectivity index (χ1) is 10.3. The molecule has 0 bridgehead atoms. The van der Waals surface area contributed by atoms with E-state index in [-0.39, 0.29) is 0 Å².